The SMILES string of the molecule is C[SH]=C(O)C#CC(C)(C)N(C)CCOCc1cccnc1. The van der Waals surface area contributed by atoms with E-state index in [1.165, 1.54) is 0 Å². The van der Waals surface area contributed by atoms with Gasteiger partial charge in [-0.1, -0.05) is 12.0 Å². The van der Waals surface area contributed by atoms with E-state index < -0.39 is 0 Å². The summed E-state index contributed by atoms with van der Waals surface area (Å²) in [5, 5.41) is 9.62. The first-order valence-corrected chi connectivity index (χ1v) is 8.16. The number of thiol groups is 1. The van der Waals surface area contributed by atoms with Crippen molar-refractivity contribution in [3.63, 3.8) is 0 Å². The molecule has 0 aromatic carbocycles. The van der Waals surface area contributed by atoms with E-state index in [0.29, 0.717) is 13.2 Å². The van der Waals surface area contributed by atoms with Crippen molar-refractivity contribution in [2.24, 2.45) is 0 Å². The molecule has 1 aromatic heterocycles. The minimum atomic E-state index is -0.309. The fourth-order valence-electron chi connectivity index (χ4n) is 1.51. The van der Waals surface area contributed by atoms with Gasteiger partial charge in [0.05, 0.1) is 18.8 Å². The lowest BCUT2D eigenvalue weighted by atomic mass is 10.0. The van der Waals surface area contributed by atoms with Gasteiger partial charge in [0.25, 0.3) is 0 Å². The number of nitrogens with zero attached hydrogens (tertiary/aromatic N) is 2. The van der Waals surface area contributed by atoms with Crippen LogP contribution in [0.5, 0.6) is 0 Å². The Kier molecular flexibility index (Phi) is 7.62. The van der Waals surface area contributed by atoms with Gasteiger partial charge in [0.2, 0.25) is 0 Å². The molecule has 0 saturated heterocycles. The fourth-order valence-corrected chi connectivity index (χ4v) is 1.68. The van der Waals surface area contributed by atoms with Crippen LogP contribution in [0.2, 0.25) is 0 Å². The predicted molar refractivity (Wildman–Crippen MR) is 90.9 cm³/mol. The van der Waals surface area contributed by atoms with E-state index in [4.69, 9.17) is 4.74 Å². The Balaban J connectivity index is 2.38. The molecular formula is C16H24N2O2S. The third-order valence-corrected chi connectivity index (χ3v) is 3.74. The summed E-state index contributed by atoms with van der Waals surface area (Å²) in [5.41, 5.74) is 0.761. The smallest absolute Gasteiger partial charge is 0.145 e. The summed E-state index contributed by atoms with van der Waals surface area (Å²) in [7, 11) is 2.00. The Morgan fingerprint density at radius 2 is 2.29 bits per heavy atom. The van der Waals surface area contributed by atoms with E-state index >= 15 is 0 Å². The Hall–Kier alpha value is -1.19. The van der Waals surface area contributed by atoms with Crippen LogP contribution in [0.1, 0.15) is 19.4 Å². The molecule has 1 rings (SSSR count). The number of rotatable bonds is 6. The third-order valence-electron chi connectivity index (χ3n) is 3.21. The molecule has 0 radical (unpaired) electrons. The Morgan fingerprint density at radius 1 is 1.52 bits per heavy atom. The Labute approximate surface area is 131 Å². The lowest BCUT2D eigenvalue weighted by Gasteiger charge is -2.30. The van der Waals surface area contributed by atoms with E-state index in [0.717, 1.165) is 23.5 Å². The Morgan fingerprint density at radius 3 is 2.90 bits per heavy atom. The first-order chi connectivity index (χ1) is 9.95. The lowest BCUT2D eigenvalue weighted by molar-refractivity contribution is 0.0814. The van der Waals surface area contributed by atoms with Gasteiger partial charge in [-0.2, -0.15) is 11.4 Å². The number of aliphatic hydroxyl groups is 1. The summed E-state index contributed by atoms with van der Waals surface area (Å²) in [6.45, 7) is 6.02. The third kappa shape index (κ3) is 6.87. The summed E-state index contributed by atoms with van der Waals surface area (Å²) >= 11 is 0.796. The number of aromatic nitrogens is 1. The van der Waals surface area contributed by atoms with E-state index in [9.17, 15) is 5.11 Å². The van der Waals surface area contributed by atoms with Gasteiger partial charge in [-0.05, 0) is 44.7 Å². The van der Waals surface area contributed by atoms with Crippen LogP contribution in [0, 0.1) is 11.8 Å². The van der Waals surface area contributed by atoms with Crippen LogP contribution in [-0.2, 0) is 11.3 Å². The average molecular weight is 308 g/mol. The van der Waals surface area contributed by atoms with Crippen LogP contribution in [0.25, 0.3) is 0 Å². The zero-order valence-corrected chi connectivity index (χ0v) is 14.0. The van der Waals surface area contributed by atoms with Gasteiger partial charge < -0.3 is 9.84 Å². The van der Waals surface area contributed by atoms with Crippen LogP contribution in [0.3, 0.4) is 0 Å². The van der Waals surface area contributed by atoms with Crippen LogP contribution in [0.15, 0.2) is 24.5 Å². The molecule has 1 heterocycles. The maximum Gasteiger partial charge on any atom is 0.145 e. The fraction of sp³-hybridized carbons (Fsp3) is 0.500. The average Bonchev–Trinajstić information content (AvgIpc) is 2.50. The number of likely N-dealkylation sites (N-methyl/N-ethyl adjacent to an activating group) is 1. The molecule has 0 atom stereocenters. The first-order valence-electron chi connectivity index (χ1n) is 6.82. The molecule has 0 amide bonds. The van der Waals surface area contributed by atoms with Crippen molar-refractivity contribution in [3.8, 4) is 11.8 Å². The van der Waals surface area contributed by atoms with Crippen molar-refractivity contribution in [3.05, 3.63) is 30.1 Å². The standard InChI is InChI=1S/C16H24N2O2S/c1-16(2,8-7-15(19)21-4)18(3)10-11-20-13-14-6-5-9-17-12-14/h5-6,9,12,19,21H,10-11,13H2,1-4H3. The molecule has 0 spiro atoms. The maximum absolute atomic E-state index is 9.42. The van der Waals surface area contributed by atoms with E-state index in [-0.39, 0.29) is 10.6 Å². The van der Waals surface area contributed by atoms with Crippen LogP contribution < -0.4 is 0 Å². The lowest BCUT2D eigenvalue weighted by Crippen LogP contribution is -2.41. The van der Waals surface area contributed by atoms with Gasteiger partial charge in [0.15, 0.2) is 0 Å². The zero-order chi connectivity index (χ0) is 15.7. The monoisotopic (exact) mass is 308 g/mol. The number of hydrogen-bond acceptors (Lipinski definition) is 3. The van der Waals surface area contributed by atoms with Crippen LogP contribution in [0.4, 0.5) is 0 Å². The minimum absolute atomic E-state index is 0.198. The number of aliphatic hydroxyl groups excluding tert-OH is 1. The second-order valence-electron chi connectivity index (χ2n) is 5.19. The molecule has 0 fully saturated rings. The quantitative estimate of drug-likeness (QED) is 0.366. The van der Waals surface area contributed by atoms with Gasteiger partial charge in [-0.25, -0.2) is 0 Å². The van der Waals surface area contributed by atoms with E-state index in [1.54, 1.807) is 6.20 Å². The number of ether oxygens (including phenoxy) is 1. The van der Waals surface area contributed by atoms with Gasteiger partial charge in [-0.15, -0.1) is 0 Å². The van der Waals surface area contributed by atoms with Crippen LogP contribution >= 0.6 is 11.4 Å². The highest BCUT2D eigenvalue weighted by molar-refractivity contribution is 7.98. The molecule has 1 N–H and O–H groups in total. The molecule has 4 nitrogen and oxygen atoms in total. The van der Waals surface area contributed by atoms with Crippen molar-refractivity contribution in [1.82, 2.24) is 9.88 Å². The molecule has 0 aliphatic rings. The largest absolute Gasteiger partial charge is 0.375 e. The summed E-state index contributed by atoms with van der Waals surface area (Å²) in [4.78, 5) is 6.17. The number of pyridine rings is 1. The van der Waals surface area contributed by atoms with Gasteiger partial charge in [0, 0.05) is 18.9 Å². The topological polar surface area (TPSA) is 45.6 Å². The Bertz CT molecular complexity index is 518. The van der Waals surface area contributed by atoms with Gasteiger partial charge in [0.1, 0.15) is 5.05 Å². The molecular weight excluding hydrogens is 284 g/mol. The van der Waals surface area contributed by atoms with Crippen molar-refractivity contribution in [1.29, 1.82) is 0 Å². The summed E-state index contributed by atoms with van der Waals surface area (Å²) in [6, 6.07) is 3.90. The highest BCUT2D eigenvalue weighted by Gasteiger charge is 2.20. The number of hydrogen-bond donors (Lipinski definition) is 2. The van der Waals surface area contributed by atoms with Crippen molar-refractivity contribution < 1.29 is 9.84 Å². The molecule has 21 heavy (non-hydrogen) atoms. The van der Waals surface area contributed by atoms with Crippen molar-refractivity contribution >= 4 is 16.4 Å². The molecule has 0 aliphatic carbocycles. The molecule has 0 unspecified atom stereocenters. The summed E-state index contributed by atoms with van der Waals surface area (Å²) in [5.74, 6) is 5.87. The van der Waals surface area contributed by atoms with Crippen LogP contribution in [-0.4, -0.2) is 52.0 Å². The van der Waals surface area contributed by atoms with Crippen molar-refractivity contribution in [2.45, 2.75) is 26.0 Å². The minimum Gasteiger partial charge on any atom is -0.375 e. The summed E-state index contributed by atoms with van der Waals surface area (Å²) in [6.07, 6.45) is 5.41. The second kappa shape index (κ2) is 8.96. The second-order valence-corrected chi connectivity index (χ2v) is 6.06. The van der Waals surface area contributed by atoms with E-state index in [1.807, 2.05) is 45.5 Å². The highest BCUT2D eigenvalue weighted by Crippen LogP contribution is 2.10. The molecule has 116 valence electrons. The molecule has 0 saturated carbocycles. The highest BCUT2D eigenvalue weighted by atomic mass is 32.1. The molecule has 5 heteroatoms. The molecule has 0 aliphatic heterocycles. The van der Waals surface area contributed by atoms with Gasteiger partial charge in [-0.3, -0.25) is 9.88 Å². The van der Waals surface area contributed by atoms with Crippen molar-refractivity contribution in [2.75, 3.05) is 26.5 Å². The van der Waals surface area contributed by atoms with Gasteiger partial charge >= 0.3 is 0 Å². The zero-order valence-electron chi connectivity index (χ0n) is 13.1. The van der Waals surface area contributed by atoms with E-state index in [2.05, 4.69) is 21.7 Å². The first kappa shape index (κ1) is 17.9. The molecule has 0 bridgehead atoms. The predicted octanol–water partition coefficient (Wildman–Crippen LogP) is 2.10. The summed E-state index contributed by atoms with van der Waals surface area (Å²) < 4.78 is 5.65. The normalized spacial score (nSPS) is 12.6. The maximum atomic E-state index is 9.42. The molecule has 1 aromatic rings.